The Labute approximate surface area is 135 Å². The van der Waals surface area contributed by atoms with Gasteiger partial charge in [-0.15, -0.1) is 0 Å². The molecule has 1 fully saturated rings. The van der Waals surface area contributed by atoms with Crippen LogP contribution in [0.25, 0.3) is 0 Å². The monoisotopic (exact) mass is 318 g/mol. The standard InChI is InChI=1S/C17H22N2O4/c1-3-12(2)18-16(21)14-9-10-15(20)19(14)17(22)23-11-13-7-5-4-6-8-13/h4-8,12,14H,3,9-11H2,1-2H3,(H,18,21)/t12-,14+/m0/s1. The normalized spacial score (nSPS) is 18.6. The lowest BCUT2D eigenvalue weighted by Crippen LogP contribution is -2.49. The Bertz CT molecular complexity index is 573. The molecule has 3 amide bonds. The van der Waals surface area contributed by atoms with Gasteiger partial charge in [-0.05, 0) is 25.3 Å². The molecule has 0 radical (unpaired) electrons. The van der Waals surface area contributed by atoms with Crippen LogP contribution in [0.3, 0.4) is 0 Å². The molecule has 0 saturated carbocycles. The molecule has 1 aliphatic rings. The summed E-state index contributed by atoms with van der Waals surface area (Å²) in [6.45, 7) is 3.91. The lowest BCUT2D eigenvalue weighted by molar-refractivity contribution is -0.134. The highest BCUT2D eigenvalue weighted by molar-refractivity contribution is 6.00. The Morgan fingerprint density at radius 1 is 1.35 bits per heavy atom. The number of likely N-dealkylation sites (tertiary alicyclic amines) is 1. The smallest absolute Gasteiger partial charge is 0.417 e. The van der Waals surface area contributed by atoms with Crippen molar-refractivity contribution in [2.24, 2.45) is 0 Å². The van der Waals surface area contributed by atoms with E-state index in [1.807, 2.05) is 44.2 Å². The molecule has 0 aromatic heterocycles. The van der Waals surface area contributed by atoms with Gasteiger partial charge in [-0.2, -0.15) is 0 Å². The minimum Gasteiger partial charge on any atom is -0.444 e. The summed E-state index contributed by atoms with van der Waals surface area (Å²) in [5, 5.41) is 2.81. The number of amides is 3. The molecule has 1 aliphatic heterocycles. The predicted octanol–water partition coefficient (Wildman–Crippen LogP) is 2.23. The van der Waals surface area contributed by atoms with Crippen LogP contribution in [-0.4, -0.2) is 34.9 Å². The second kappa shape index (κ2) is 7.76. The summed E-state index contributed by atoms with van der Waals surface area (Å²) in [5.41, 5.74) is 0.827. The minimum absolute atomic E-state index is 0.000362. The Morgan fingerprint density at radius 2 is 2.04 bits per heavy atom. The quantitative estimate of drug-likeness (QED) is 0.903. The van der Waals surface area contributed by atoms with Crippen molar-refractivity contribution in [3.8, 4) is 0 Å². The van der Waals surface area contributed by atoms with Crippen molar-refractivity contribution in [2.75, 3.05) is 0 Å². The molecule has 6 nitrogen and oxygen atoms in total. The molecule has 1 saturated heterocycles. The van der Waals surface area contributed by atoms with Crippen LogP contribution in [0.15, 0.2) is 30.3 Å². The molecule has 0 unspecified atom stereocenters. The van der Waals surface area contributed by atoms with Crippen molar-refractivity contribution < 1.29 is 19.1 Å². The van der Waals surface area contributed by atoms with Gasteiger partial charge in [0.15, 0.2) is 0 Å². The third-order valence-electron chi connectivity index (χ3n) is 3.92. The summed E-state index contributed by atoms with van der Waals surface area (Å²) >= 11 is 0. The zero-order chi connectivity index (χ0) is 16.8. The van der Waals surface area contributed by atoms with Gasteiger partial charge in [0.1, 0.15) is 12.6 Å². The molecule has 23 heavy (non-hydrogen) atoms. The van der Waals surface area contributed by atoms with Gasteiger partial charge in [0.2, 0.25) is 11.8 Å². The fraction of sp³-hybridized carbons (Fsp3) is 0.471. The van der Waals surface area contributed by atoms with Gasteiger partial charge < -0.3 is 10.1 Å². The van der Waals surface area contributed by atoms with Gasteiger partial charge in [0.25, 0.3) is 0 Å². The predicted molar refractivity (Wildman–Crippen MR) is 84.4 cm³/mol. The van der Waals surface area contributed by atoms with Crippen LogP contribution in [0, 0.1) is 0 Å². The first-order valence-corrected chi connectivity index (χ1v) is 7.86. The Balaban J connectivity index is 1.98. The van der Waals surface area contributed by atoms with E-state index in [0.717, 1.165) is 16.9 Å². The van der Waals surface area contributed by atoms with E-state index in [0.29, 0.717) is 6.42 Å². The molecule has 6 heteroatoms. The first-order chi connectivity index (χ1) is 11.0. The van der Waals surface area contributed by atoms with E-state index >= 15 is 0 Å². The SMILES string of the molecule is CC[C@H](C)NC(=O)[C@H]1CCC(=O)N1C(=O)OCc1ccccc1. The maximum atomic E-state index is 12.2. The van der Waals surface area contributed by atoms with Crippen LogP contribution in [0.2, 0.25) is 0 Å². The summed E-state index contributed by atoms with van der Waals surface area (Å²) in [6, 6.07) is 8.42. The Kier molecular flexibility index (Phi) is 5.73. The summed E-state index contributed by atoms with van der Waals surface area (Å²) < 4.78 is 5.18. The molecule has 2 rings (SSSR count). The Morgan fingerprint density at radius 3 is 2.70 bits per heavy atom. The minimum atomic E-state index is -0.778. The van der Waals surface area contributed by atoms with Gasteiger partial charge in [-0.25, -0.2) is 9.69 Å². The second-order valence-corrected chi connectivity index (χ2v) is 5.68. The third kappa shape index (κ3) is 4.31. The first kappa shape index (κ1) is 17.0. The maximum absolute atomic E-state index is 12.2. The highest BCUT2D eigenvalue weighted by atomic mass is 16.6. The van der Waals surface area contributed by atoms with E-state index in [9.17, 15) is 14.4 Å². The molecular weight excluding hydrogens is 296 g/mol. The molecule has 1 aromatic carbocycles. The summed E-state index contributed by atoms with van der Waals surface area (Å²) in [5.74, 6) is -0.672. The lowest BCUT2D eigenvalue weighted by atomic mass is 10.2. The van der Waals surface area contributed by atoms with Gasteiger partial charge >= 0.3 is 6.09 Å². The summed E-state index contributed by atoms with van der Waals surface area (Å²) in [4.78, 5) is 37.3. The van der Waals surface area contributed by atoms with E-state index in [1.165, 1.54) is 0 Å². The average molecular weight is 318 g/mol. The third-order valence-corrected chi connectivity index (χ3v) is 3.92. The number of hydrogen-bond donors (Lipinski definition) is 1. The van der Waals surface area contributed by atoms with Crippen molar-refractivity contribution in [1.29, 1.82) is 0 Å². The van der Waals surface area contributed by atoms with E-state index in [-0.39, 0.29) is 30.9 Å². The highest BCUT2D eigenvalue weighted by Crippen LogP contribution is 2.21. The molecule has 1 N–H and O–H groups in total. The van der Waals surface area contributed by atoms with Crippen LogP contribution in [0.1, 0.15) is 38.7 Å². The van der Waals surface area contributed by atoms with Crippen molar-refractivity contribution in [3.05, 3.63) is 35.9 Å². The zero-order valence-electron chi connectivity index (χ0n) is 13.5. The number of imide groups is 1. The van der Waals surface area contributed by atoms with E-state index in [2.05, 4.69) is 5.32 Å². The van der Waals surface area contributed by atoms with Gasteiger partial charge in [0, 0.05) is 12.5 Å². The van der Waals surface area contributed by atoms with E-state index < -0.39 is 12.1 Å². The highest BCUT2D eigenvalue weighted by Gasteiger charge is 2.41. The molecule has 124 valence electrons. The number of rotatable bonds is 5. The summed E-state index contributed by atoms with van der Waals surface area (Å²) in [7, 11) is 0. The molecular formula is C17H22N2O4. The molecule has 0 bridgehead atoms. The molecule has 1 heterocycles. The zero-order valence-corrected chi connectivity index (χ0v) is 13.5. The van der Waals surface area contributed by atoms with Crippen LogP contribution in [0.5, 0.6) is 0 Å². The number of carbonyl (C=O) groups excluding carboxylic acids is 3. The topological polar surface area (TPSA) is 75.7 Å². The second-order valence-electron chi connectivity index (χ2n) is 5.68. The van der Waals surface area contributed by atoms with Crippen molar-refractivity contribution >= 4 is 17.9 Å². The number of nitrogens with zero attached hydrogens (tertiary/aromatic N) is 1. The van der Waals surface area contributed by atoms with Gasteiger partial charge in [-0.3, -0.25) is 9.59 Å². The average Bonchev–Trinajstić information content (AvgIpc) is 2.95. The number of carbonyl (C=O) groups is 3. The molecule has 0 spiro atoms. The molecule has 2 atom stereocenters. The first-order valence-electron chi connectivity index (χ1n) is 7.86. The molecule has 0 aliphatic carbocycles. The van der Waals surface area contributed by atoms with Crippen molar-refractivity contribution in [3.63, 3.8) is 0 Å². The largest absolute Gasteiger partial charge is 0.444 e. The van der Waals surface area contributed by atoms with Crippen molar-refractivity contribution in [1.82, 2.24) is 10.2 Å². The van der Waals surface area contributed by atoms with Crippen LogP contribution in [0.4, 0.5) is 4.79 Å². The van der Waals surface area contributed by atoms with Gasteiger partial charge in [0.05, 0.1) is 0 Å². The van der Waals surface area contributed by atoms with Crippen LogP contribution in [-0.2, 0) is 20.9 Å². The fourth-order valence-corrected chi connectivity index (χ4v) is 2.39. The lowest BCUT2D eigenvalue weighted by Gasteiger charge is -2.23. The number of benzene rings is 1. The molecule has 1 aromatic rings. The Hall–Kier alpha value is -2.37. The van der Waals surface area contributed by atoms with Crippen molar-refractivity contribution in [2.45, 2.75) is 51.8 Å². The van der Waals surface area contributed by atoms with Crippen LogP contribution >= 0.6 is 0 Å². The number of hydrogen-bond acceptors (Lipinski definition) is 4. The van der Waals surface area contributed by atoms with E-state index in [4.69, 9.17) is 4.74 Å². The number of ether oxygens (including phenoxy) is 1. The maximum Gasteiger partial charge on any atom is 0.417 e. The number of nitrogens with one attached hydrogen (secondary N) is 1. The summed E-state index contributed by atoms with van der Waals surface area (Å²) in [6.07, 6.45) is 0.534. The van der Waals surface area contributed by atoms with Gasteiger partial charge in [-0.1, -0.05) is 37.3 Å². The van der Waals surface area contributed by atoms with Crippen LogP contribution < -0.4 is 5.32 Å². The fourth-order valence-electron chi connectivity index (χ4n) is 2.39. The van der Waals surface area contributed by atoms with E-state index in [1.54, 1.807) is 0 Å².